The molecule has 0 bridgehead atoms. The molecular formula is C28H35N3O3. The van der Waals surface area contributed by atoms with Crippen molar-refractivity contribution in [3.05, 3.63) is 69.8 Å². The van der Waals surface area contributed by atoms with Crippen molar-refractivity contribution in [3.8, 4) is 0 Å². The van der Waals surface area contributed by atoms with E-state index in [-0.39, 0.29) is 11.9 Å². The van der Waals surface area contributed by atoms with Crippen LogP contribution >= 0.6 is 0 Å². The van der Waals surface area contributed by atoms with Gasteiger partial charge in [0, 0.05) is 32.4 Å². The number of carbonyl (C=O) groups is 1. The molecule has 3 aliphatic heterocycles. The number of rotatable bonds is 4. The number of hydrogen-bond acceptors (Lipinski definition) is 5. The highest BCUT2D eigenvalue weighted by Crippen LogP contribution is 2.36. The summed E-state index contributed by atoms with van der Waals surface area (Å²) >= 11 is 0. The highest BCUT2D eigenvalue weighted by atomic mass is 16.7. The molecule has 34 heavy (non-hydrogen) atoms. The first kappa shape index (κ1) is 23.2. The largest absolute Gasteiger partial charge is 0.347 e. The quantitative estimate of drug-likeness (QED) is 0.676. The Kier molecular flexibility index (Phi) is 6.32. The van der Waals surface area contributed by atoms with Crippen LogP contribution in [0.4, 0.5) is 0 Å². The minimum atomic E-state index is -0.428. The minimum Gasteiger partial charge on any atom is -0.347 e. The molecule has 0 aromatic heterocycles. The lowest BCUT2D eigenvalue weighted by atomic mass is 9.93. The fraction of sp³-hybridized carbons (Fsp3) is 0.500. The number of hydrazone groups is 1. The summed E-state index contributed by atoms with van der Waals surface area (Å²) in [5, 5.41) is 6.67. The zero-order chi connectivity index (χ0) is 23.9. The molecule has 5 rings (SSSR count). The van der Waals surface area contributed by atoms with Gasteiger partial charge in [0.1, 0.15) is 0 Å². The molecule has 6 nitrogen and oxygen atoms in total. The molecule has 2 aromatic carbocycles. The fourth-order valence-corrected chi connectivity index (χ4v) is 5.30. The molecule has 2 aromatic rings. The van der Waals surface area contributed by atoms with E-state index in [0.29, 0.717) is 19.8 Å². The van der Waals surface area contributed by atoms with Gasteiger partial charge in [0.15, 0.2) is 5.79 Å². The average Bonchev–Trinajstić information content (AvgIpc) is 3.47. The highest BCUT2D eigenvalue weighted by Gasteiger charge is 2.41. The predicted molar refractivity (Wildman–Crippen MR) is 133 cm³/mol. The van der Waals surface area contributed by atoms with Crippen molar-refractivity contribution in [1.29, 1.82) is 0 Å². The molecule has 2 saturated heterocycles. The van der Waals surface area contributed by atoms with Crippen LogP contribution in [0.15, 0.2) is 41.5 Å². The maximum Gasteiger partial charge on any atom is 0.257 e. The van der Waals surface area contributed by atoms with E-state index in [0.717, 1.165) is 43.6 Å². The van der Waals surface area contributed by atoms with Crippen LogP contribution in [0.5, 0.6) is 0 Å². The number of piperidine rings is 1. The van der Waals surface area contributed by atoms with Crippen molar-refractivity contribution >= 4 is 11.6 Å². The topological polar surface area (TPSA) is 54.4 Å². The Morgan fingerprint density at radius 1 is 0.971 bits per heavy atom. The van der Waals surface area contributed by atoms with E-state index >= 15 is 0 Å². The Hall–Kier alpha value is -2.54. The zero-order valence-electron chi connectivity index (χ0n) is 20.8. The maximum atomic E-state index is 13.6. The van der Waals surface area contributed by atoms with Crippen molar-refractivity contribution in [2.45, 2.75) is 58.8 Å². The maximum absolute atomic E-state index is 13.6. The second-order valence-electron chi connectivity index (χ2n) is 10.0. The van der Waals surface area contributed by atoms with E-state index in [1.54, 1.807) is 5.01 Å². The van der Waals surface area contributed by atoms with Crippen molar-refractivity contribution in [2.24, 2.45) is 5.10 Å². The Bertz CT molecular complexity index is 1110. The van der Waals surface area contributed by atoms with Gasteiger partial charge in [-0.2, -0.15) is 5.10 Å². The van der Waals surface area contributed by atoms with Gasteiger partial charge in [-0.05, 0) is 61.6 Å². The molecular weight excluding hydrogens is 426 g/mol. The number of hydrogen-bond donors (Lipinski definition) is 0. The average molecular weight is 462 g/mol. The number of amides is 1. The number of likely N-dealkylation sites (tertiary alicyclic amines) is 1. The molecule has 1 spiro atoms. The van der Waals surface area contributed by atoms with Gasteiger partial charge in [-0.25, -0.2) is 5.01 Å². The van der Waals surface area contributed by atoms with E-state index in [1.165, 1.54) is 27.8 Å². The lowest BCUT2D eigenvalue weighted by molar-refractivity contribution is -0.186. The summed E-state index contributed by atoms with van der Waals surface area (Å²) in [5.74, 6) is -0.378. The standard InChI is InChI=1S/C28H35N3O3/c1-19-5-6-21(3)24(15-19)26-17-25(23-8-7-20(2)22(4)16-23)29-31(26)27(32)18-30-11-9-28(10-12-30)33-13-14-34-28/h5-8,15-16,26H,9-14,17-18H2,1-4H3/t26-/m0/s1. The smallest absolute Gasteiger partial charge is 0.257 e. The van der Waals surface area contributed by atoms with Crippen LogP contribution in [0.1, 0.15) is 58.7 Å². The lowest BCUT2D eigenvalue weighted by Crippen LogP contribution is -2.48. The van der Waals surface area contributed by atoms with E-state index in [2.05, 4.69) is 69.0 Å². The molecule has 1 atom stereocenters. The summed E-state index contributed by atoms with van der Waals surface area (Å²) in [6.07, 6.45) is 2.33. The van der Waals surface area contributed by atoms with Crippen LogP contribution in [0.25, 0.3) is 0 Å². The zero-order valence-corrected chi connectivity index (χ0v) is 20.8. The van der Waals surface area contributed by atoms with Crippen molar-refractivity contribution in [2.75, 3.05) is 32.8 Å². The monoisotopic (exact) mass is 461 g/mol. The van der Waals surface area contributed by atoms with Crippen LogP contribution in [-0.4, -0.2) is 60.2 Å². The van der Waals surface area contributed by atoms with Crippen LogP contribution in [0.2, 0.25) is 0 Å². The Labute approximate surface area is 202 Å². The molecule has 2 fully saturated rings. The van der Waals surface area contributed by atoms with Gasteiger partial charge < -0.3 is 9.47 Å². The van der Waals surface area contributed by atoms with Crippen LogP contribution in [0, 0.1) is 27.7 Å². The molecule has 0 unspecified atom stereocenters. The fourth-order valence-electron chi connectivity index (χ4n) is 5.30. The van der Waals surface area contributed by atoms with Crippen molar-refractivity contribution in [3.63, 3.8) is 0 Å². The third-order valence-electron chi connectivity index (χ3n) is 7.59. The van der Waals surface area contributed by atoms with Crippen molar-refractivity contribution in [1.82, 2.24) is 9.91 Å². The third-order valence-corrected chi connectivity index (χ3v) is 7.59. The third kappa shape index (κ3) is 4.54. The van der Waals surface area contributed by atoms with Crippen molar-refractivity contribution < 1.29 is 14.3 Å². The first-order valence-corrected chi connectivity index (χ1v) is 12.4. The minimum absolute atomic E-state index is 0.0500. The molecule has 0 aliphatic carbocycles. The summed E-state index contributed by atoms with van der Waals surface area (Å²) in [4.78, 5) is 15.8. The van der Waals surface area contributed by atoms with Gasteiger partial charge in [-0.15, -0.1) is 0 Å². The Balaban J connectivity index is 1.38. The number of aryl methyl sites for hydroxylation is 4. The Morgan fingerprint density at radius 2 is 1.68 bits per heavy atom. The number of benzene rings is 2. The van der Waals surface area contributed by atoms with Gasteiger partial charge in [0.05, 0.1) is 31.5 Å². The van der Waals surface area contributed by atoms with E-state index in [9.17, 15) is 4.79 Å². The van der Waals surface area contributed by atoms with E-state index in [4.69, 9.17) is 14.6 Å². The summed E-state index contributed by atoms with van der Waals surface area (Å²) in [5.41, 5.74) is 8.16. The van der Waals surface area contributed by atoms with Crippen LogP contribution in [-0.2, 0) is 14.3 Å². The predicted octanol–water partition coefficient (Wildman–Crippen LogP) is 4.44. The summed E-state index contributed by atoms with van der Waals surface area (Å²) < 4.78 is 11.7. The lowest BCUT2D eigenvalue weighted by Gasteiger charge is -2.37. The second-order valence-corrected chi connectivity index (χ2v) is 10.0. The molecule has 0 saturated carbocycles. The summed E-state index contributed by atoms with van der Waals surface area (Å²) in [6.45, 7) is 11.8. The van der Waals surface area contributed by atoms with Crippen LogP contribution < -0.4 is 0 Å². The molecule has 1 amide bonds. The number of ether oxygens (including phenoxy) is 2. The van der Waals surface area contributed by atoms with Gasteiger partial charge in [0.25, 0.3) is 5.91 Å². The van der Waals surface area contributed by atoms with E-state index in [1.807, 2.05) is 0 Å². The van der Waals surface area contributed by atoms with Gasteiger partial charge >= 0.3 is 0 Å². The summed E-state index contributed by atoms with van der Waals surface area (Å²) in [7, 11) is 0. The molecule has 6 heteroatoms. The van der Waals surface area contributed by atoms with E-state index < -0.39 is 5.79 Å². The highest BCUT2D eigenvalue weighted by molar-refractivity contribution is 6.03. The Morgan fingerprint density at radius 3 is 2.38 bits per heavy atom. The van der Waals surface area contributed by atoms with Crippen LogP contribution in [0.3, 0.4) is 0 Å². The number of nitrogens with zero attached hydrogens (tertiary/aromatic N) is 3. The van der Waals surface area contributed by atoms with Gasteiger partial charge in [-0.1, -0.05) is 35.9 Å². The molecule has 3 aliphatic rings. The van der Waals surface area contributed by atoms with Gasteiger partial charge in [-0.3, -0.25) is 9.69 Å². The molecule has 180 valence electrons. The normalized spacial score (nSPS) is 22.4. The molecule has 0 N–H and O–H groups in total. The van der Waals surface area contributed by atoms with Gasteiger partial charge in [0.2, 0.25) is 0 Å². The first-order valence-electron chi connectivity index (χ1n) is 12.4. The first-order chi connectivity index (χ1) is 16.3. The number of carbonyl (C=O) groups excluding carboxylic acids is 1. The summed E-state index contributed by atoms with van der Waals surface area (Å²) in [6, 6.07) is 12.9. The SMILES string of the molecule is Cc1ccc(C)c([C@@H]2CC(c3ccc(C)c(C)c3)=NN2C(=O)CN2CCC3(CC2)OCCO3)c1. The molecule has 0 radical (unpaired) electrons. The second kappa shape index (κ2) is 9.25. The molecule has 3 heterocycles.